The first-order chi connectivity index (χ1) is 10.8. The molecule has 1 aliphatic carbocycles. The van der Waals surface area contributed by atoms with Gasteiger partial charge in [0.1, 0.15) is 5.75 Å². The molecule has 0 aromatic heterocycles. The zero-order valence-corrected chi connectivity index (χ0v) is 22.4. The van der Waals surface area contributed by atoms with Gasteiger partial charge in [0.05, 0.1) is 0 Å². The molecule has 0 heterocycles. The molecule has 27 heavy (non-hydrogen) atoms. The van der Waals surface area contributed by atoms with Gasteiger partial charge in [-0.3, -0.25) is 0 Å². The summed E-state index contributed by atoms with van der Waals surface area (Å²) in [5, 5.41) is 11.2. The molecule has 1 nitrogen and oxygen atoms in total. The summed E-state index contributed by atoms with van der Waals surface area (Å²) in [6, 6.07) is 4.38. The van der Waals surface area contributed by atoms with Crippen LogP contribution < -0.4 is 24.8 Å². The maximum absolute atomic E-state index is 11.2. The average molecular weight is 489 g/mol. The van der Waals surface area contributed by atoms with E-state index in [0.29, 0.717) is 11.7 Å². The second-order valence-electron chi connectivity index (χ2n) is 9.47. The Hall–Kier alpha value is -0.0369. The van der Waals surface area contributed by atoms with Gasteiger partial charge >= 0.3 is 26.2 Å². The molecule has 0 atom stereocenters. The van der Waals surface area contributed by atoms with Gasteiger partial charge in [0, 0.05) is 11.5 Å². The van der Waals surface area contributed by atoms with Crippen molar-refractivity contribution in [3.63, 3.8) is 0 Å². The number of benzene rings is 1. The summed E-state index contributed by atoms with van der Waals surface area (Å²) in [7, 11) is 0. The fourth-order valence-corrected chi connectivity index (χ4v) is 4.06. The van der Waals surface area contributed by atoms with Crippen LogP contribution in [-0.2, 0) is 37.0 Å². The van der Waals surface area contributed by atoms with Crippen LogP contribution in [0.15, 0.2) is 34.4 Å². The maximum atomic E-state index is 11.2. The van der Waals surface area contributed by atoms with Crippen LogP contribution >= 0.6 is 0 Å². The van der Waals surface area contributed by atoms with Crippen LogP contribution in [0.2, 0.25) is 0 Å². The number of allylic oxidation sites excluding steroid dienone is 4. The third-order valence-corrected chi connectivity index (χ3v) is 5.69. The van der Waals surface area contributed by atoms with Gasteiger partial charge in [0.2, 0.25) is 0 Å². The summed E-state index contributed by atoms with van der Waals surface area (Å²) in [6.45, 7) is 22.0. The molecule has 0 aliphatic heterocycles. The minimum Gasteiger partial charge on any atom is -1.00 e. The van der Waals surface area contributed by atoms with Crippen LogP contribution in [0.4, 0.5) is 0 Å². The van der Waals surface area contributed by atoms with Crippen molar-refractivity contribution < 1.29 is 56.1 Å². The van der Waals surface area contributed by atoms with Crippen molar-refractivity contribution in [1.82, 2.24) is 0 Å². The first-order valence-corrected chi connectivity index (χ1v) is 9.00. The quantitative estimate of drug-likeness (QED) is 0.619. The zero-order chi connectivity index (χ0) is 18.6. The fourth-order valence-electron chi connectivity index (χ4n) is 4.06. The molecule has 0 amide bonds. The average Bonchev–Trinajstić information content (AvgIpc) is 2.60. The number of phenols is 1. The molecular weight excluding hydrogens is 454 g/mol. The van der Waals surface area contributed by atoms with Gasteiger partial charge in [-0.25, -0.2) is 0 Å². The van der Waals surface area contributed by atoms with Gasteiger partial charge in [-0.15, -0.1) is 0 Å². The number of halogens is 2. The molecule has 0 unspecified atom stereocenters. The molecule has 0 saturated carbocycles. The van der Waals surface area contributed by atoms with E-state index in [0.717, 1.165) is 11.1 Å². The van der Waals surface area contributed by atoms with Gasteiger partial charge in [0.15, 0.2) is 0 Å². The van der Waals surface area contributed by atoms with E-state index in [1.54, 1.807) is 0 Å². The smallest absolute Gasteiger partial charge is 1.00 e. The summed E-state index contributed by atoms with van der Waals surface area (Å²) >= 11 is 0. The minimum absolute atomic E-state index is 0. The Balaban J connectivity index is 0. The summed E-state index contributed by atoms with van der Waals surface area (Å²) in [5.41, 5.74) is 8.85. The van der Waals surface area contributed by atoms with Crippen molar-refractivity contribution in [2.45, 2.75) is 86.0 Å². The van der Waals surface area contributed by atoms with Crippen molar-refractivity contribution in [1.29, 1.82) is 0 Å². The second-order valence-corrected chi connectivity index (χ2v) is 9.47. The van der Waals surface area contributed by atoms with Crippen LogP contribution in [0.25, 0.3) is 0 Å². The largest absolute Gasteiger partial charge is 2.00 e. The van der Waals surface area contributed by atoms with Crippen LogP contribution in [0.5, 0.6) is 5.75 Å². The number of hydrogen-bond donors (Lipinski definition) is 1. The minimum atomic E-state index is -0.106. The number of hydrogen-bond acceptors (Lipinski definition) is 1. The Morgan fingerprint density at radius 3 is 1.48 bits per heavy atom. The maximum Gasteiger partial charge on any atom is 2.00 e. The van der Waals surface area contributed by atoms with Crippen LogP contribution in [-0.4, -0.2) is 5.11 Å². The van der Waals surface area contributed by atoms with Gasteiger partial charge < -0.3 is 29.9 Å². The molecular formula is C23H34Cl2OZr. The Bertz CT molecular complexity index is 723. The molecule has 1 aromatic rings. The van der Waals surface area contributed by atoms with Crippen molar-refractivity contribution in [2.75, 3.05) is 0 Å². The molecule has 0 spiro atoms. The third kappa shape index (κ3) is 5.31. The summed E-state index contributed by atoms with van der Waals surface area (Å²) in [6.07, 6.45) is 0. The first kappa shape index (κ1) is 29.2. The number of rotatable bonds is 1. The molecule has 1 N–H and O–H groups in total. The van der Waals surface area contributed by atoms with Crippen LogP contribution in [0.1, 0.15) is 91.8 Å². The van der Waals surface area contributed by atoms with E-state index in [2.05, 4.69) is 81.4 Å². The van der Waals surface area contributed by atoms with E-state index >= 15 is 0 Å². The molecule has 2 rings (SSSR count). The van der Waals surface area contributed by atoms with E-state index in [-0.39, 0.29) is 61.8 Å². The van der Waals surface area contributed by atoms with Crippen molar-refractivity contribution in [3.05, 3.63) is 51.1 Å². The predicted molar refractivity (Wildman–Crippen MR) is 105 cm³/mol. The molecule has 0 fully saturated rings. The van der Waals surface area contributed by atoms with E-state index < -0.39 is 0 Å². The summed E-state index contributed by atoms with van der Waals surface area (Å²) in [4.78, 5) is 0. The number of phenolic OH excluding ortho intramolecular Hbond substituents is 1. The Labute approximate surface area is 198 Å². The number of aromatic hydroxyl groups is 1. The van der Waals surface area contributed by atoms with Gasteiger partial charge in [-0.1, -0.05) is 64.8 Å². The van der Waals surface area contributed by atoms with E-state index in [9.17, 15) is 5.11 Å². The van der Waals surface area contributed by atoms with Crippen LogP contribution in [0, 0.1) is 0 Å². The second kappa shape index (κ2) is 9.64. The van der Waals surface area contributed by atoms with E-state index in [4.69, 9.17) is 0 Å². The van der Waals surface area contributed by atoms with Gasteiger partial charge in [-0.05, 0) is 60.8 Å². The summed E-state index contributed by atoms with van der Waals surface area (Å²) < 4.78 is 0. The van der Waals surface area contributed by atoms with Gasteiger partial charge in [0.25, 0.3) is 0 Å². The molecule has 0 bridgehead atoms. The SMILES string of the molecule is CC1=C(C)C(c2ccc(C(C)(C)C)c(O)c2C(C)(C)C)C(C)=C1C.[Cl-].[Cl-].[Zr+2]. The standard InChI is InChI=1S/C23H34O.2ClH.Zr/c1-13-14(2)16(4)19(15(13)3)17-11-12-18(22(5,6)7)21(24)20(17)23(8,9)10;;;/h11-12,19,24H,1-10H3;2*1H;/q;;;+2/p-2. The topological polar surface area (TPSA) is 20.2 Å². The molecule has 1 aliphatic rings. The van der Waals surface area contributed by atoms with Crippen molar-refractivity contribution in [3.8, 4) is 5.75 Å². The Morgan fingerprint density at radius 1 is 0.741 bits per heavy atom. The fraction of sp³-hybridized carbons (Fsp3) is 0.565. The molecule has 150 valence electrons. The summed E-state index contributed by atoms with van der Waals surface area (Å²) in [5.74, 6) is 0.773. The Morgan fingerprint density at radius 2 is 1.15 bits per heavy atom. The monoisotopic (exact) mass is 486 g/mol. The molecule has 0 saturated heterocycles. The first-order valence-electron chi connectivity index (χ1n) is 9.00. The van der Waals surface area contributed by atoms with Crippen molar-refractivity contribution in [2.24, 2.45) is 0 Å². The predicted octanol–water partition coefficient (Wildman–Crippen LogP) is 0.763. The van der Waals surface area contributed by atoms with Crippen LogP contribution in [0.3, 0.4) is 0 Å². The third-order valence-electron chi connectivity index (χ3n) is 5.69. The normalized spacial score (nSPS) is 15.3. The Kier molecular flexibility index (Phi) is 10.4. The van der Waals surface area contributed by atoms with Gasteiger partial charge in [-0.2, -0.15) is 0 Å². The van der Waals surface area contributed by atoms with E-state index in [1.807, 2.05) is 0 Å². The molecule has 0 radical (unpaired) electrons. The molecule has 4 heteroatoms. The van der Waals surface area contributed by atoms with E-state index in [1.165, 1.54) is 27.9 Å². The molecule has 1 aromatic carbocycles. The van der Waals surface area contributed by atoms with Crippen molar-refractivity contribution >= 4 is 0 Å². The zero-order valence-electron chi connectivity index (χ0n) is 18.4.